The van der Waals surface area contributed by atoms with Crippen molar-refractivity contribution in [2.75, 3.05) is 0 Å². The van der Waals surface area contributed by atoms with Gasteiger partial charge in [0.1, 0.15) is 6.61 Å². The molecule has 0 saturated heterocycles. The van der Waals surface area contributed by atoms with Crippen LogP contribution in [0.25, 0.3) is 11.4 Å². The molecular weight excluding hydrogens is 353 g/mol. The van der Waals surface area contributed by atoms with Crippen molar-refractivity contribution in [2.24, 2.45) is 0 Å². The van der Waals surface area contributed by atoms with Crippen LogP contribution in [0.5, 0.6) is 5.75 Å². The summed E-state index contributed by atoms with van der Waals surface area (Å²) in [6.07, 6.45) is 8.37. The van der Waals surface area contributed by atoms with Crippen LogP contribution in [0.3, 0.4) is 0 Å². The number of nitrogens with zero attached hydrogens (tertiary/aromatic N) is 3. The van der Waals surface area contributed by atoms with Crippen LogP contribution in [0.15, 0.2) is 54.9 Å². The maximum absolute atomic E-state index is 13.9. The van der Waals surface area contributed by atoms with Gasteiger partial charge in [0.25, 0.3) is 0 Å². The monoisotopic (exact) mass is 375 g/mol. The van der Waals surface area contributed by atoms with Gasteiger partial charge in [0.2, 0.25) is 0 Å². The summed E-state index contributed by atoms with van der Waals surface area (Å²) in [6.45, 7) is 2.43. The van der Waals surface area contributed by atoms with Gasteiger partial charge in [-0.15, -0.1) is 0 Å². The molecule has 28 heavy (non-hydrogen) atoms. The number of nitriles is 1. The van der Waals surface area contributed by atoms with Crippen molar-refractivity contribution in [3.8, 4) is 23.2 Å². The van der Waals surface area contributed by atoms with Gasteiger partial charge in [0, 0.05) is 18.0 Å². The fourth-order valence-electron chi connectivity index (χ4n) is 2.81. The zero-order chi connectivity index (χ0) is 19.8. The van der Waals surface area contributed by atoms with Gasteiger partial charge in [-0.3, -0.25) is 0 Å². The number of aromatic nitrogens is 2. The summed E-state index contributed by atoms with van der Waals surface area (Å²) in [5.74, 6) is 0.276. The van der Waals surface area contributed by atoms with Crippen molar-refractivity contribution >= 4 is 0 Å². The van der Waals surface area contributed by atoms with E-state index in [1.54, 1.807) is 0 Å². The lowest BCUT2D eigenvalue weighted by Crippen LogP contribution is -1.98. The number of ether oxygens (including phenoxy) is 1. The quantitative estimate of drug-likeness (QED) is 0.490. The van der Waals surface area contributed by atoms with Crippen LogP contribution >= 0.6 is 0 Å². The normalized spacial score (nSPS) is 10.5. The molecule has 0 saturated carbocycles. The molecule has 1 heterocycles. The van der Waals surface area contributed by atoms with Crippen molar-refractivity contribution in [3.05, 3.63) is 77.4 Å². The van der Waals surface area contributed by atoms with Gasteiger partial charge in [-0.25, -0.2) is 14.4 Å². The van der Waals surface area contributed by atoms with E-state index in [9.17, 15) is 4.39 Å². The first-order chi connectivity index (χ1) is 13.7. The maximum atomic E-state index is 13.9. The Bertz CT molecular complexity index is 947. The second kappa shape index (κ2) is 9.61. The molecule has 0 fully saturated rings. The highest BCUT2D eigenvalue weighted by Crippen LogP contribution is 2.21. The molecule has 2 aromatic carbocycles. The smallest absolute Gasteiger partial charge is 0.166 e. The average Bonchev–Trinajstić information content (AvgIpc) is 2.74. The number of benzene rings is 2. The molecule has 0 bridgehead atoms. The van der Waals surface area contributed by atoms with Gasteiger partial charge in [-0.05, 0) is 42.2 Å². The van der Waals surface area contributed by atoms with Crippen LogP contribution in [0.4, 0.5) is 4.39 Å². The number of hydrogen-bond acceptors (Lipinski definition) is 4. The van der Waals surface area contributed by atoms with E-state index in [2.05, 4.69) is 16.9 Å². The van der Waals surface area contributed by atoms with E-state index >= 15 is 0 Å². The van der Waals surface area contributed by atoms with Crippen LogP contribution in [0, 0.1) is 17.1 Å². The molecular formula is C23H22FN3O. The molecule has 5 heteroatoms. The third-order valence-electron chi connectivity index (χ3n) is 4.44. The average molecular weight is 375 g/mol. The summed E-state index contributed by atoms with van der Waals surface area (Å²) >= 11 is 0. The van der Waals surface area contributed by atoms with E-state index in [4.69, 9.17) is 10.00 Å². The van der Waals surface area contributed by atoms with Crippen molar-refractivity contribution in [1.29, 1.82) is 5.26 Å². The van der Waals surface area contributed by atoms with E-state index < -0.39 is 5.82 Å². The molecule has 0 unspecified atom stereocenters. The molecule has 1 aromatic heterocycles. The molecule has 0 aliphatic heterocycles. The van der Waals surface area contributed by atoms with Gasteiger partial charge in [-0.1, -0.05) is 44.0 Å². The Morgan fingerprint density at radius 2 is 1.75 bits per heavy atom. The zero-order valence-corrected chi connectivity index (χ0v) is 15.9. The first-order valence-electron chi connectivity index (χ1n) is 9.42. The van der Waals surface area contributed by atoms with Crippen molar-refractivity contribution in [2.45, 2.75) is 39.2 Å². The van der Waals surface area contributed by atoms with E-state index in [1.807, 2.05) is 42.7 Å². The molecule has 0 radical (unpaired) electrons. The molecule has 3 aromatic rings. The highest BCUT2D eigenvalue weighted by atomic mass is 19.1. The summed E-state index contributed by atoms with van der Waals surface area (Å²) in [5.41, 5.74) is 3.26. The SMILES string of the molecule is CCCCCc1cnc(-c2ccc(COc3ccc(C#N)cc3F)cc2)nc1. The summed E-state index contributed by atoms with van der Waals surface area (Å²) < 4.78 is 19.4. The second-order valence-electron chi connectivity index (χ2n) is 6.61. The summed E-state index contributed by atoms with van der Waals surface area (Å²) in [6, 6.07) is 13.8. The first-order valence-corrected chi connectivity index (χ1v) is 9.42. The first kappa shape index (κ1) is 19.5. The van der Waals surface area contributed by atoms with E-state index in [0.29, 0.717) is 5.82 Å². The van der Waals surface area contributed by atoms with Crippen LogP contribution < -0.4 is 4.74 Å². The Morgan fingerprint density at radius 1 is 1.00 bits per heavy atom. The van der Waals surface area contributed by atoms with E-state index in [-0.39, 0.29) is 17.9 Å². The fraction of sp³-hybridized carbons (Fsp3) is 0.261. The third-order valence-corrected chi connectivity index (χ3v) is 4.44. The molecule has 4 nitrogen and oxygen atoms in total. The van der Waals surface area contributed by atoms with Crippen molar-refractivity contribution < 1.29 is 9.13 Å². The van der Waals surface area contributed by atoms with E-state index in [0.717, 1.165) is 29.5 Å². The molecule has 3 rings (SSSR count). The zero-order valence-electron chi connectivity index (χ0n) is 15.9. The molecule has 0 aliphatic carbocycles. The van der Waals surface area contributed by atoms with Crippen molar-refractivity contribution in [1.82, 2.24) is 9.97 Å². The van der Waals surface area contributed by atoms with Gasteiger partial charge < -0.3 is 4.74 Å². The molecule has 0 amide bonds. The minimum atomic E-state index is -0.539. The van der Waals surface area contributed by atoms with Gasteiger partial charge >= 0.3 is 0 Å². The van der Waals surface area contributed by atoms with Gasteiger partial charge in [0.05, 0.1) is 11.6 Å². The summed E-state index contributed by atoms with van der Waals surface area (Å²) in [4.78, 5) is 8.92. The number of hydrogen-bond donors (Lipinski definition) is 0. The van der Waals surface area contributed by atoms with Crippen LogP contribution in [-0.4, -0.2) is 9.97 Å². The number of rotatable bonds is 8. The van der Waals surface area contributed by atoms with Gasteiger partial charge in [0.15, 0.2) is 17.4 Å². The lowest BCUT2D eigenvalue weighted by atomic mass is 10.1. The predicted molar refractivity (Wildman–Crippen MR) is 106 cm³/mol. The van der Waals surface area contributed by atoms with Crippen molar-refractivity contribution in [3.63, 3.8) is 0 Å². The van der Waals surface area contributed by atoms with Crippen LogP contribution in [0.1, 0.15) is 42.9 Å². The molecule has 0 N–H and O–H groups in total. The molecule has 0 atom stereocenters. The highest BCUT2D eigenvalue weighted by molar-refractivity contribution is 5.55. The molecule has 0 aliphatic rings. The number of aryl methyl sites for hydroxylation is 1. The highest BCUT2D eigenvalue weighted by Gasteiger charge is 2.06. The predicted octanol–water partition coefficient (Wildman–Crippen LogP) is 5.47. The number of unbranched alkanes of at least 4 members (excludes halogenated alkanes) is 2. The fourth-order valence-corrected chi connectivity index (χ4v) is 2.81. The second-order valence-corrected chi connectivity index (χ2v) is 6.61. The maximum Gasteiger partial charge on any atom is 0.166 e. The van der Waals surface area contributed by atoms with Crippen LogP contribution in [0.2, 0.25) is 0 Å². The Hall–Kier alpha value is -3.26. The van der Waals surface area contributed by atoms with Crippen LogP contribution in [-0.2, 0) is 13.0 Å². The lowest BCUT2D eigenvalue weighted by molar-refractivity contribution is 0.290. The Balaban J connectivity index is 1.60. The largest absolute Gasteiger partial charge is 0.486 e. The minimum absolute atomic E-state index is 0.130. The van der Waals surface area contributed by atoms with E-state index in [1.165, 1.54) is 31.0 Å². The summed E-state index contributed by atoms with van der Waals surface area (Å²) in [7, 11) is 0. The third kappa shape index (κ3) is 5.14. The van der Waals surface area contributed by atoms with Gasteiger partial charge in [-0.2, -0.15) is 5.26 Å². The number of halogens is 1. The molecule has 142 valence electrons. The Labute approximate surface area is 164 Å². The Kier molecular flexibility index (Phi) is 6.69. The topological polar surface area (TPSA) is 58.8 Å². The summed E-state index contributed by atoms with van der Waals surface area (Å²) in [5, 5.41) is 8.78. The minimum Gasteiger partial charge on any atom is -0.486 e. The Morgan fingerprint density at radius 3 is 2.39 bits per heavy atom. The standard InChI is InChI=1S/C23H22FN3O/c1-2-3-4-5-19-14-26-23(27-15-19)20-9-6-17(7-10-20)16-28-22-11-8-18(13-25)12-21(22)24/h6-12,14-15H,2-5,16H2,1H3. The molecule has 0 spiro atoms. The lowest BCUT2D eigenvalue weighted by Gasteiger charge is -2.08.